The fourth-order valence-electron chi connectivity index (χ4n) is 2.67. The van der Waals surface area contributed by atoms with Gasteiger partial charge in [0.2, 0.25) is 21.1 Å². The summed E-state index contributed by atoms with van der Waals surface area (Å²) in [5.74, 6) is -0.697. The molecule has 30 heavy (non-hydrogen) atoms. The Labute approximate surface area is 188 Å². The summed E-state index contributed by atoms with van der Waals surface area (Å²) in [6.45, 7) is 3.72. The maximum Gasteiger partial charge on any atom is 0.244 e. The number of halogens is 1. The van der Waals surface area contributed by atoms with E-state index in [9.17, 15) is 13.2 Å². The van der Waals surface area contributed by atoms with Crippen molar-refractivity contribution in [1.29, 1.82) is 0 Å². The fraction of sp³-hybridized carbons (Fsp3) is 0.250. The first-order chi connectivity index (χ1) is 14.3. The van der Waals surface area contributed by atoms with E-state index >= 15 is 0 Å². The molecule has 2 N–H and O–H groups in total. The lowest BCUT2D eigenvalue weighted by Gasteiger charge is -2.22. The minimum atomic E-state index is -3.87. The molecule has 1 heterocycles. The minimum Gasteiger partial charge on any atom is -0.299 e. The molecule has 0 radical (unpaired) electrons. The molecule has 0 aliphatic heterocycles. The molecule has 0 aliphatic carbocycles. The zero-order valence-corrected chi connectivity index (χ0v) is 19.6. The molecule has 0 aliphatic rings. The molecule has 0 spiro atoms. The van der Waals surface area contributed by atoms with Crippen molar-refractivity contribution < 1.29 is 13.2 Å². The number of nitrogens with zero attached hydrogens (tertiary/aromatic N) is 2. The second-order valence-corrected chi connectivity index (χ2v) is 10.3. The largest absolute Gasteiger partial charge is 0.299 e. The molecule has 0 saturated heterocycles. The first-order valence-corrected chi connectivity index (χ1v) is 12.4. The van der Waals surface area contributed by atoms with Gasteiger partial charge in [-0.05, 0) is 30.2 Å². The van der Waals surface area contributed by atoms with Crippen LogP contribution in [0.1, 0.15) is 20.3 Å². The van der Waals surface area contributed by atoms with Gasteiger partial charge in [0.15, 0.2) is 0 Å². The van der Waals surface area contributed by atoms with Gasteiger partial charge in [-0.2, -0.15) is 4.72 Å². The Kier molecular flexibility index (Phi) is 7.35. The highest BCUT2D eigenvalue weighted by Crippen LogP contribution is 2.26. The Morgan fingerprint density at radius 3 is 2.40 bits per heavy atom. The van der Waals surface area contributed by atoms with Crippen LogP contribution in [0.5, 0.6) is 0 Å². The Bertz CT molecular complexity index is 1100. The molecule has 0 unspecified atom stereocenters. The molecule has 158 valence electrons. The molecule has 0 fully saturated rings. The van der Waals surface area contributed by atoms with E-state index in [1.165, 1.54) is 23.5 Å². The van der Waals surface area contributed by atoms with E-state index in [0.717, 1.165) is 10.0 Å². The Morgan fingerprint density at radius 2 is 1.77 bits per heavy atom. The molecule has 3 aromatic rings. The van der Waals surface area contributed by atoms with E-state index < -0.39 is 22.0 Å². The van der Waals surface area contributed by atoms with Crippen molar-refractivity contribution in [1.82, 2.24) is 14.9 Å². The molecular formula is C20H21BrN4O3S2. The van der Waals surface area contributed by atoms with Crippen LogP contribution in [-0.4, -0.2) is 30.6 Å². The number of nitrogens with one attached hydrogen (secondary N) is 2. The Balaban J connectivity index is 1.78. The number of benzene rings is 2. The average molecular weight is 509 g/mol. The van der Waals surface area contributed by atoms with Gasteiger partial charge in [-0.3, -0.25) is 10.1 Å². The van der Waals surface area contributed by atoms with Crippen LogP contribution in [-0.2, 0) is 14.8 Å². The van der Waals surface area contributed by atoms with Gasteiger partial charge >= 0.3 is 0 Å². The van der Waals surface area contributed by atoms with E-state index in [4.69, 9.17) is 0 Å². The van der Waals surface area contributed by atoms with Crippen LogP contribution in [0.2, 0.25) is 0 Å². The molecule has 10 heteroatoms. The summed E-state index contributed by atoms with van der Waals surface area (Å²) in [4.78, 5) is 13.0. The van der Waals surface area contributed by atoms with Gasteiger partial charge in [0, 0.05) is 10.0 Å². The van der Waals surface area contributed by atoms with Crippen LogP contribution in [0.25, 0.3) is 10.6 Å². The van der Waals surface area contributed by atoms with Crippen molar-refractivity contribution >= 4 is 48.3 Å². The van der Waals surface area contributed by atoms with Crippen molar-refractivity contribution in [3.05, 3.63) is 59.1 Å². The second-order valence-electron chi connectivity index (χ2n) is 6.71. The molecule has 2 atom stereocenters. The highest BCUT2D eigenvalue weighted by atomic mass is 79.9. The minimum absolute atomic E-state index is 0.0917. The standard InChI is InChI=1S/C20H21BrN4O3S2/c1-3-13(2)17(25-30(27,28)16-11-9-15(21)10-12-16)18(26)22-20-24-23-19(29-20)14-7-5-4-6-8-14/h4-13,17,25H,3H2,1-2H3,(H,22,24,26)/t13-,17-/m0/s1. The summed E-state index contributed by atoms with van der Waals surface area (Å²) < 4.78 is 28.9. The van der Waals surface area contributed by atoms with Crippen LogP contribution in [0, 0.1) is 5.92 Å². The van der Waals surface area contributed by atoms with Crippen molar-refractivity contribution in [3.8, 4) is 10.6 Å². The van der Waals surface area contributed by atoms with Gasteiger partial charge in [-0.25, -0.2) is 8.42 Å². The van der Waals surface area contributed by atoms with E-state index in [0.29, 0.717) is 16.6 Å². The van der Waals surface area contributed by atoms with Crippen LogP contribution < -0.4 is 10.0 Å². The third-order valence-corrected chi connectivity index (χ3v) is 7.45. The average Bonchev–Trinajstić information content (AvgIpc) is 3.21. The number of rotatable bonds is 8. The van der Waals surface area contributed by atoms with E-state index in [2.05, 4.69) is 36.2 Å². The fourth-order valence-corrected chi connectivity index (χ4v) is 4.99. The lowest BCUT2D eigenvalue weighted by molar-refractivity contribution is -0.118. The maximum absolute atomic E-state index is 12.9. The van der Waals surface area contributed by atoms with Crippen molar-refractivity contribution in [2.75, 3.05) is 5.32 Å². The number of hydrogen-bond donors (Lipinski definition) is 2. The van der Waals surface area contributed by atoms with Gasteiger partial charge in [-0.15, -0.1) is 10.2 Å². The zero-order valence-electron chi connectivity index (χ0n) is 16.4. The first-order valence-electron chi connectivity index (χ1n) is 9.28. The lowest BCUT2D eigenvalue weighted by atomic mass is 9.99. The van der Waals surface area contributed by atoms with Crippen molar-refractivity contribution in [2.45, 2.75) is 31.2 Å². The summed E-state index contributed by atoms with van der Waals surface area (Å²) in [5, 5.41) is 11.8. The summed E-state index contributed by atoms with van der Waals surface area (Å²) in [5.41, 5.74) is 0.893. The smallest absolute Gasteiger partial charge is 0.244 e. The summed E-state index contributed by atoms with van der Waals surface area (Å²) in [6, 6.07) is 14.8. The quantitative estimate of drug-likeness (QED) is 0.472. The van der Waals surface area contributed by atoms with Gasteiger partial charge in [-0.1, -0.05) is 77.9 Å². The predicted octanol–water partition coefficient (Wildman–Crippen LogP) is 4.30. The van der Waals surface area contributed by atoms with E-state index in [1.807, 2.05) is 44.2 Å². The summed E-state index contributed by atoms with van der Waals surface area (Å²) in [6.07, 6.45) is 0.617. The molecule has 1 aromatic heterocycles. The van der Waals surface area contributed by atoms with Crippen LogP contribution in [0.3, 0.4) is 0 Å². The molecular weight excluding hydrogens is 488 g/mol. The highest BCUT2D eigenvalue weighted by molar-refractivity contribution is 9.10. The number of amides is 1. The topological polar surface area (TPSA) is 101 Å². The summed E-state index contributed by atoms with van der Waals surface area (Å²) in [7, 11) is -3.87. The molecule has 0 bridgehead atoms. The number of hydrogen-bond acceptors (Lipinski definition) is 6. The first kappa shape index (κ1) is 22.5. The third kappa shape index (κ3) is 5.51. The Hall–Kier alpha value is -2.14. The predicted molar refractivity (Wildman–Crippen MR) is 122 cm³/mol. The normalized spacial score (nSPS) is 13.6. The van der Waals surface area contributed by atoms with Gasteiger partial charge < -0.3 is 0 Å². The zero-order chi connectivity index (χ0) is 21.7. The SMILES string of the molecule is CC[C@H](C)[C@H](NS(=O)(=O)c1ccc(Br)cc1)C(=O)Nc1nnc(-c2ccccc2)s1. The monoisotopic (exact) mass is 508 g/mol. The molecule has 3 rings (SSSR count). The Morgan fingerprint density at radius 1 is 1.10 bits per heavy atom. The van der Waals surface area contributed by atoms with E-state index in [-0.39, 0.29) is 10.8 Å². The van der Waals surface area contributed by atoms with Crippen LogP contribution in [0.4, 0.5) is 5.13 Å². The van der Waals surface area contributed by atoms with Gasteiger partial charge in [0.25, 0.3) is 0 Å². The van der Waals surface area contributed by atoms with Crippen LogP contribution in [0.15, 0.2) is 64.0 Å². The molecule has 2 aromatic carbocycles. The molecule has 0 saturated carbocycles. The number of carbonyl (C=O) groups is 1. The van der Waals surface area contributed by atoms with Gasteiger partial charge in [0.1, 0.15) is 11.0 Å². The van der Waals surface area contributed by atoms with E-state index in [1.54, 1.807) is 12.1 Å². The number of carbonyl (C=O) groups excluding carboxylic acids is 1. The highest BCUT2D eigenvalue weighted by Gasteiger charge is 2.30. The summed E-state index contributed by atoms with van der Waals surface area (Å²) >= 11 is 4.52. The number of sulfonamides is 1. The molecule has 7 nitrogen and oxygen atoms in total. The number of aromatic nitrogens is 2. The van der Waals surface area contributed by atoms with Crippen molar-refractivity contribution in [2.24, 2.45) is 5.92 Å². The van der Waals surface area contributed by atoms with Crippen LogP contribution >= 0.6 is 27.3 Å². The third-order valence-electron chi connectivity index (χ3n) is 4.58. The number of anilines is 1. The maximum atomic E-state index is 12.9. The second kappa shape index (κ2) is 9.78. The lowest BCUT2D eigenvalue weighted by Crippen LogP contribution is -2.47. The van der Waals surface area contributed by atoms with Crippen molar-refractivity contribution in [3.63, 3.8) is 0 Å². The van der Waals surface area contributed by atoms with Gasteiger partial charge in [0.05, 0.1) is 4.90 Å². The molecule has 1 amide bonds.